The average Bonchev–Trinajstić information content (AvgIpc) is 2.26. The van der Waals surface area contributed by atoms with Gasteiger partial charge in [0.25, 0.3) is 0 Å². The minimum atomic E-state index is 1.10. The molecule has 0 aromatic heterocycles. The van der Waals surface area contributed by atoms with Crippen molar-refractivity contribution in [3.63, 3.8) is 0 Å². The fourth-order valence-corrected chi connectivity index (χ4v) is 2.14. The number of nitrogens with zero attached hydrogens (tertiary/aromatic N) is 1. The van der Waals surface area contributed by atoms with E-state index in [1.54, 1.807) is 0 Å². The molecule has 0 spiro atoms. The van der Waals surface area contributed by atoms with Crippen molar-refractivity contribution in [3.05, 3.63) is 35.2 Å². The van der Waals surface area contributed by atoms with E-state index in [-0.39, 0.29) is 0 Å². The summed E-state index contributed by atoms with van der Waals surface area (Å²) in [7, 11) is 2.19. The van der Waals surface area contributed by atoms with Crippen LogP contribution in [0.25, 0.3) is 0 Å². The molecule has 0 aromatic carbocycles. The van der Waals surface area contributed by atoms with Gasteiger partial charge in [-0.25, -0.2) is 0 Å². The van der Waals surface area contributed by atoms with E-state index in [9.17, 15) is 0 Å². The first-order valence-electron chi connectivity index (χ1n) is 6.05. The Bertz CT molecular complexity index is 294. The molecule has 0 bridgehead atoms. The van der Waals surface area contributed by atoms with Crippen molar-refractivity contribution < 1.29 is 0 Å². The molecular formula is C14H23N. The van der Waals surface area contributed by atoms with Crippen molar-refractivity contribution in [2.24, 2.45) is 0 Å². The summed E-state index contributed by atoms with van der Waals surface area (Å²) >= 11 is 0. The van der Waals surface area contributed by atoms with Gasteiger partial charge in [-0.05, 0) is 31.3 Å². The number of rotatable bonds is 4. The zero-order valence-electron chi connectivity index (χ0n) is 10.5. The van der Waals surface area contributed by atoms with Gasteiger partial charge in [0.05, 0.1) is 0 Å². The third-order valence-corrected chi connectivity index (χ3v) is 3.02. The van der Waals surface area contributed by atoms with E-state index in [1.807, 2.05) is 0 Å². The fraction of sp³-hybridized carbons (Fsp3) is 0.571. The highest BCUT2D eigenvalue weighted by molar-refractivity contribution is 5.33. The second-order valence-electron chi connectivity index (χ2n) is 3.95. The fourth-order valence-electron chi connectivity index (χ4n) is 2.14. The molecule has 1 heterocycles. The van der Waals surface area contributed by atoms with Gasteiger partial charge < -0.3 is 4.90 Å². The highest BCUT2D eigenvalue weighted by Gasteiger charge is 2.14. The average molecular weight is 205 g/mol. The first kappa shape index (κ1) is 12.1. The van der Waals surface area contributed by atoms with Crippen molar-refractivity contribution in [3.8, 4) is 0 Å². The molecule has 84 valence electrons. The van der Waals surface area contributed by atoms with Crippen molar-refractivity contribution in [2.75, 3.05) is 7.05 Å². The van der Waals surface area contributed by atoms with E-state index in [1.165, 1.54) is 17.0 Å². The topological polar surface area (TPSA) is 3.24 Å². The Morgan fingerprint density at radius 2 is 2.00 bits per heavy atom. The summed E-state index contributed by atoms with van der Waals surface area (Å²) in [6.07, 6.45) is 11.4. The van der Waals surface area contributed by atoms with Gasteiger partial charge in [0.1, 0.15) is 0 Å². The third-order valence-electron chi connectivity index (χ3n) is 3.02. The van der Waals surface area contributed by atoms with Crippen molar-refractivity contribution in [1.82, 2.24) is 4.90 Å². The summed E-state index contributed by atoms with van der Waals surface area (Å²) in [6.45, 7) is 6.65. The molecule has 0 N–H and O–H groups in total. The van der Waals surface area contributed by atoms with Crippen LogP contribution < -0.4 is 0 Å². The van der Waals surface area contributed by atoms with Crippen LogP contribution in [0.1, 0.15) is 46.5 Å². The second-order valence-corrected chi connectivity index (χ2v) is 3.95. The van der Waals surface area contributed by atoms with Crippen LogP contribution in [0, 0.1) is 0 Å². The van der Waals surface area contributed by atoms with Crippen LogP contribution in [0.4, 0.5) is 0 Å². The summed E-state index contributed by atoms with van der Waals surface area (Å²) in [5.41, 5.74) is 4.43. The van der Waals surface area contributed by atoms with Gasteiger partial charge in [-0.1, -0.05) is 39.0 Å². The molecule has 0 atom stereocenters. The Labute approximate surface area is 94.2 Å². The lowest BCUT2D eigenvalue weighted by Gasteiger charge is -2.30. The molecule has 0 amide bonds. The normalized spacial score (nSPS) is 17.6. The number of hydrogen-bond acceptors (Lipinski definition) is 1. The van der Waals surface area contributed by atoms with E-state index in [2.05, 4.69) is 50.9 Å². The van der Waals surface area contributed by atoms with Crippen LogP contribution in [-0.4, -0.2) is 11.9 Å². The standard InChI is InChI=1S/C14H23N/c1-5-8-9-12-10-11-13(6-2)15(4)14(12)7-3/h8-9,11H,5-7,10H2,1-4H3. The maximum absolute atomic E-state index is 2.36. The first-order valence-corrected chi connectivity index (χ1v) is 6.05. The maximum Gasteiger partial charge on any atom is 0.0206 e. The summed E-state index contributed by atoms with van der Waals surface area (Å²) in [4.78, 5) is 2.36. The van der Waals surface area contributed by atoms with Crippen LogP contribution in [0.5, 0.6) is 0 Å². The Morgan fingerprint density at radius 1 is 1.27 bits per heavy atom. The van der Waals surface area contributed by atoms with Gasteiger partial charge in [-0.3, -0.25) is 0 Å². The Kier molecular flexibility index (Phi) is 4.67. The molecule has 15 heavy (non-hydrogen) atoms. The predicted octanol–water partition coefficient (Wildman–Crippen LogP) is 4.25. The number of allylic oxidation sites excluding steroid dienone is 6. The largest absolute Gasteiger partial charge is 0.352 e. The van der Waals surface area contributed by atoms with Crippen molar-refractivity contribution in [1.29, 1.82) is 0 Å². The maximum atomic E-state index is 2.36. The molecule has 1 aliphatic rings. The number of hydrogen-bond donors (Lipinski definition) is 0. The highest BCUT2D eigenvalue weighted by atomic mass is 15.1. The Balaban J connectivity index is 2.90. The first-order chi connectivity index (χ1) is 7.24. The van der Waals surface area contributed by atoms with Crippen LogP contribution >= 0.6 is 0 Å². The zero-order chi connectivity index (χ0) is 11.3. The summed E-state index contributed by atoms with van der Waals surface area (Å²) in [5.74, 6) is 0. The van der Waals surface area contributed by atoms with Crippen LogP contribution in [0.3, 0.4) is 0 Å². The summed E-state index contributed by atoms with van der Waals surface area (Å²) in [5, 5.41) is 0. The Morgan fingerprint density at radius 3 is 2.53 bits per heavy atom. The minimum absolute atomic E-state index is 1.10. The van der Waals surface area contributed by atoms with Gasteiger partial charge in [0, 0.05) is 18.4 Å². The van der Waals surface area contributed by atoms with Crippen LogP contribution in [-0.2, 0) is 0 Å². The van der Waals surface area contributed by atoms with Crippen LogP contribution in [0.2, 0.25) is 0 Å². The Hall–Kier alpha value is -0.980. The quantitative estimate of drug-likeness (QED) is 0.663. The molecule has 0 saturated carbocycles. The summed E-state index contributed by atoms with van der Waals surface area (Å²) in [6, 6.07) is 0. The van der Waals surface area contributed by atoms with Gasteiger partial charge in [-0.2, -0.15) is 0 Å². The van der Waals surface area contributed by atoms with E-state index in [4.69, 9.17) is 0 Å². The SMILES string of the molecule is CCC=CC1=C(CC)N(C)C(CC)=CC1. The second kappa shape index (κ2) is 5.79. The van der Waals surface area contributed by atoms with Crippen molar-refractivity contribution in [2.45, 2.75) is 46.5 Å². The lowest BCUT2D eigenvalue weighted by Crippen LogP contribution is -2.21. The molecule has 1 heteroatoms. The molecule has 0 saturated heterocycles. The molecule has 1 nitrogen and oxygen atoms in total. The monoisotopic (exact) mass is 205 g/mol. The van der Waals surface area contributed by atoms with E-state index >= 15 is 0 Å². The molecular weight excluding hydrogens is 182 g/mol. The van der Waals surface area contributed by atoms with E-state index in [0.29, 0.717) is 0 Å². The van der Waals surface area contributed by atoms with Gasteiger partial charge in [-0.15, -0.1) is 0 Å². The van der Waals surface area contributed by atoms with Gasteiger partial charge in [0.2, 0.25) is 0 Å². The molecule has 0 radical (unpaired) electrons. The van der Waals surface area contributed by atoms with Gasteiger partial charge >= 0.3 is 0 Å². The lowest BCUT2D eigenvalue weighted by molar-refractivity contribution is 0.466. The molecule has 1 aliphatic heterocycles. The lowest BCUT2D eigenvalue weighted by atomic mass is 10.0. The highest BCUT2D eigenvalue weighted by Crippen LogP contribution is 2.28. The molecule has 0 aliphatic carbocycles. The zero-order valence-corrected chi connectivity index (χ0v) is 10.5. The van der Waals surface area contributed by atoms with Crippen molar-refractivity contribution >= 4 is 0 Å². The molecule has 0 unspecified atom stereocenters. The summed E-state index contributed by atoms with van der Waals surface area (Å²) < 4.78 is 0. The molecule has 1 rings (SSSR count). The smallest absolute Gasteiger partial charge is 0.0206 e. The van der Waals surface area contributed by atoms with E-state index in [0.717, 1.165) is 25.7 Å². The molecule has 0 aromatic rings. The van der Waals surface area contributed by atoms with E-state index < -0.39 is 0 Å². The predicted molar refractivity (Wildman–Crippen MR) is 67.5 cm³/mol. The molecule has 0 fully saturated rings. The minimum Gasteiger partial charge on any atom is -0.352 e. The van der Waals surface area contributed by atoms with Gasteiger partial charge in [0.15, 0.2) is 0 Å². The van der Waals surface area contributed by atoms with Crippen LogP contribution in [0.15, 0.2) is 35.2 Å². The third kappa shape index (κ3) is 2.74.